The fourth-order valence-electron chi connectivity index (χ4n) is 0.989. The number of carboxylic acid groups (broad SMARTS) is 1. The second kappa shape index (κ2) is 3.30. The minimum absolute atomic E-state index is 0.0721. The highest BCUT2D eigenvalue weighted by Gasteiger charge is 2.14. The molecule has 0 atom stereocenters. The van der Waals surface area contributed by atoms with Crippen LogP contribution in [0.15, 0.2) is 12.3 Å². The number of hydrogen-bond acceptors (Lipinski definition) is 3. The van der Waals surface area contributed by atoms with Gasteiger partial charge in [-0.3, -0.25) is 0 Å². The number of carbonyl (C=O) groups is 2. The Morgan fingerprint density at radius 2 is 2.15 bits per heavy atom. The van der Waals surface area contributed by atoms with Gasteiger partial charge in [0.1, 0.15) is 5.69 Å². The van der Waals surface area contributed by atoms with Gasteiger partial charge in [-0.15, -0.1) is 0 Å². The molecule has 1 rings (SSSR count). The maximum Gasteiger partial charge on any atom is 0.354 e. The van der Waals surface area contributed by atoms with Gasteiger partial charge in [-0.25, -0.2) is 9.59 Å². The minimum atomic E-state index is -1.06. The van der Waals surface area contributed by atoms with Gasteiger partial charge >= 0.3 is 11.9 Å². The predicted molar refractivity (Wildman–Crippen MR) is 43.7 cm³/mol. The van der Waals surface area contributed by atoms with Crippen molar-refractivity contribution in [2.75, 3.05) is 7.11 Å². The number of aryl methyl sites for hydroxylation is 1. The van der Waals surface area contributed by atoms with Gasteiger partial charge in [-0.1, -0.05) is 0 Å². The number of hydrogen-bond donors (Lipinski definition) is 1. The van der Waals surface area contributed by atoms with Gasteiger partial charge in [0, 0.05) is 13.2 Å². The molecule has 1 aromatic rings. The lowest BCUT2D eigenvalue weighted by molar-refractivity contribution is 0.0589. The first-order chi connectivity index (χ1) is 6.06. The molecule has 0 aliphatic rings. The minimum Gasteiger partial charge on any atom is -0.478 e. The standard InChI is InChI=1S/C8H9NO4/c1-9-4-5(7(10)11)3-6(9)8(12)13-2/h3-4H,1-2H3,(H,10,11). The third kappa shape index (κ3) is 1.69. The lowest BCUT2D eigenvalue weighted by Gasteiger charge is -1.98. The van der Waals surface area contributed by atoms with Gasteiger partial charge in [-0.05, 0) is 6.07 Å². The third-order valence-electron chi connectivity index (χ3n) is 1.65. The highest BCUT2D eigenvalue weighted by Crippen LogP contribution is 2.08. The van der Waals surface area contributed by atoms with E-state index in [4.69, 9.17) is 5.11 Å². The number of methoxy groups -OCH3 is 1. The molecule has 13 heavy (non-hydrogen) atoms. The normalized spacial score (nSPS) is 9.69. The van der Waals surface area contributed by atoms with Gasteiger partial charge in [0.25, 0.3) is 0 Å². The molecule has 0 radical (unpaired) electrons. The molecule has 5 heteroatoms. The van der Waals surface area contributed by atoms with E-state index in [0.29, 0.717) is 0 Å². The number of ether oxygens (including phenoxy) is 1. The van der Waals surface area contributed by atoms with Crippen LogP contribution in [0.25, 0.3) is 0 Å². The number of aromatic carboxylic acids is 1. The summed E-state index contributed by atoms with van der Waals surface area (Å²) in [5.41, 5.74) is 0.294. The summed E-state index contributed by atoms with van der Waals surface area (Å²) in [6, 6.07) is 1.27. The summed E-state index contributed by atoms with van der Waals surface area (Å²) in [4.78, 5) is 21.5. The molecule has 0 amide bonds. The maximum atomic E-state index is 11.0. The van der Waals surface area contributed by atoms with Crippen LogP contribution in [0.2, 0.25) is 0 Å². The zero-order valence-electron chi connectivity index (χ0n) is 7.27. The SMILES string of the molecule is COC(=O)c1cc(C(=O)O)cn1C. The molecule has 0 saturated heterocycles. The molecular formula is C8H9NO4. The largest absolute Gasteiger partial charge is 0.478 e. The Morgan fingerprint density at radius 3 is 2.54 bits per heavy atom. The number of rotatable bonds is 2. The highest BCUT2D eigenvalue weighted by molar-refractivity contribution is 5.94. The number of aromatic nitrogens is 1. The molecule has 0 spiro atoms. The molecule has 1 aromatic heterocycles. The second-order valence-corrected chi connectivity index (χ2v) is 2.52. The van der Waals surface area contributed by atoms with Crippen molar-refractivity contribution >= 4 is 11.9 Å². The zero-order valence-corrected chi connectivity index (χ0v) is 7.27. The quantitative estimate of drug-likeness (QED) is 0.678. The topological polar surface area (TPSA) is 68.5 Å². The van der Waals surface area contributed by atoms with Crippen LogP contribution in [0.1, 0.15) is 20.8 Å². The van der Waals surface area contributed by atoms with E-state index in [1.807, 2.05) is 0 Å². The fraction of sp³-hybridized carbons (Fsp3) is 0.250. The Morgan fingerprint density at radius 1 is 1.54 bits per heavy atom. The highest BCUT2D eigenvalue weighted by atomic mass is 16.5. The lowest BCUT2D eigenvalue weighted by Crippen LogP contribution is -2.06. The number of esters is 1. The summed E-state index contributed by atoms with van der Waals surface area (Å²) in [7, 11) is 2.83. The summed E-state index contributed by atoms with van der Waals surface area (Å²) in [6.07, 6.45) is 1.36. The van der Waals surface area contributed by atoms with E-state index >= 15 is 0 Å². The van der Waals surface area contributed by atoms with Crippen molar-refractivity contribution in [2.24, 2.45) is 7.05 Å². The van der Waals surface area contributed by atoms with Crippen molar-refractivity contribution in [3.63, 3.8) is 0 Å². The van der Waals surface area contributed by atoms with Crippen LogP contribution in [-0.4, -0.2) is 28.7 Å². The second-order valence-electron chi connectivity index (χ2n) is 2.52. The Balaban J connectivity index is 3.10. The van der Waals surface area contributed by atoms with E-state index in [9.17, 15) is 9.59 Å². The van der Waals surface area contributed by atoms with Crippen LogP contribution in [0.3, 0.4) is 0 Å². The summed E-state index contributed by atoms with van der Waals surface area (Å²) in [5.74, 6) is -1.61. The lowest BCUT2D eigenvalue weighted by atomic mass is 10.3. The van der Waals surface area contributed by atoms with Crippen LogP contribution >= 0.6 is 0 Å². The van der Waals surface area contributed by atoms with Crippen molar-refractivity contribution in [1.29, 1.82) is 0 Å². The Hall–Kier alpha value is -1.78. The predicted octanol–water partition coefficient (Wildman–Crippen LogP) is 0.510. The van der Waals surface area contributed by atoms with Gasteiger partial charge in [0.15, 0.2) is 0 Å². The van der Waals surface area contributed by atoms with Crippen molar-refractivity contribution in [3.05, 3.63) is 23.5 Å². The van der Waals surface area contributed by atoms with Crippen LogP contribution in [-0.2, 0) is 11.8 Å². The van der Waals surface area contributed by atoms with Gasteiger partial charge in [0.05, 0.1) is 12.7 Å². The van der Waals surface area contributed by atoms with Crippen molar-refractivity contribution in [1.82, 2.24) is 4.57 Å². The molecule has 70 valence electrons. The zero-order chi connectivity index (χ0) is 10.0. The van der Waals surface area contributed by atoms with Crippen LogP contribution in [0.4, 0.5) is 0 Å². The van der Waals surface area contributed by atoms with E-state index in [1.54, 1.807) is 7.05 Å². The first kappa shape index (κ1) is 9.31. The van der Waals surface area contributed by atoms with Crippen LogP contribution < -0.4 is 0 Å². The van der Waals surface area contributed by atoms with Crippen molar-refractivity contribution in [2.45, 2.75) is 0 Å². The third-order valence-corrected chi connectivity index (χ3v) is 1.65. The summed E-state index contributed by atoms with van der Waals surface area (Å²) < 4.78 is 5.87. The molecule has 0 unspecified atom stereocenters. The van der Waals surface area contributed by atoms with E-state index < -0.39 is 11.9 Å². The Kier molecular flexibility index (Phi) is 2.36. The van der Waals surface area contributed by atoms with E-state index in [-0.39, 0.29) is 11.3 Å². The van der Waals surface area contributed by atoms with Gasteiger partial charge < -0.3 is 14.4 Å². The molecule has 0 saturated carbocycles. The van der Waals surface area contributed by atoms with Crippen molar-refractivity contribution in [3.8, 4) is 0 Å². The number of carboxylic acids is 1. The average Bonchev–Trinajstić information content (AvgIpc) is 2.46. The smallest absolute Gasteiger partial charge is 0.354 e. The maximum absolute atomic E-state index is 11.0. The van der Waals surface area contributed by atoms with Crippen LogP contribution in [0.5, 0.6) is 0 Å². The van der Waals surface area contributed by atoms with E-state index in [2.05, 4.69) is 4.74 Å². The number of carbonyl (C=O) groups excluding carboxylic acids is 1. The Bertz CT molecular complexity index is 353. The Labute approximate surface area is 74.5 Å². The molecule has 0 bridgehead atoms. The van der Waals surface area contributed by atoms with Crippen molar-refractivity contribution < 1.29 is 19.4 Å². The van der Waals surface area contributed by atoms with Gasteiger partial charge in [-0.2, -0.15) is 0 Å². The monoisotopic (exact) mass is 183 g/mol. The fourth-order valence-corrected chi connectivity index (χ4v) is 0.989. The molecule has 0 aliphatic heterocycles. The molecule has 5 nitrogen and oxygen atoms in total. The first-order valence-corrected chi connectivity index (χ1v) is 3.54. The summed E-state index contributed by atoms with van der Waals surface area (Å²) >= 11 is 0. The molecule has 0 aromatic carbocycles. The molecule has 0 fully saturated rings. The summed E-state index contributed by atoms with van der Waals surface area (Å²) in [6.45, 7) is 0. The van der Waals surface area contributed by atoms with E-state index in [0.717, 1.165) is 0 Å². The van der Waals surface area contributed by atoms with E-state index in [1.165, 1.54) is 23.9 Å². The first-order valence-electron chi connectivity index (χ1n) is 3.54. The molecule has 1 heterocycles. The summed E-state index contributed by atoms with van der Waals surface area (Å²) in [5, 5.41) is 8.61. The molecular weight excluding hydrogens is 174 g/mol. The molecule has 0 aliphatic carbocycles. The van der Waals surface area contributed by atoms with Gasteiger partial charge in [0.2, 0.25) is 0 Å². The average molecular weight is 183 g/mol. The molecule has 1 N–H and O–H groups in total. The van der Waals surface area contributed by atoms with Crippen LogP contribution in [0, 0.1) is 0 Å². The number of nitrogens with zero attached hydrogens (tertiary/aromatic N) is 1.